The molecule has 1 nitrogen and oxygen atoms in total. The van der Waals surface area contributed by atoms with Crippen LogP contribution < -0.4 is 0 Å². The van der Waals surface area contributed by atoms with Crippen LogP contribution in [0.25, 0.3) is 0 Å². The zero-order chi connectivity index (χ0) is 10.9. The van der Waals surface area contributed by atoms with E-state index in [1.165, 1.54) is 0 Å². The lowest BCUT2D eigenvalue weighted by molar-refractivity contribution is -0.206. The number of rotatable bonds is 1. The second-order valence-electron chi connectivity index (χ2n) is 2.62. The Morgan fingerprint density at radius 1 is 1.29 bits per heavy atom. The molecule has 0 aromatic heterocycles. The van der Waals surface area contributed by atoms with Gasteiger partial charge in [0.25, 0.3) is 0 Å². The predicted molar refractivity (Wildman–Crippen MR) is 42.4 cm³/mol. The fourth-order valence-electron chi connectivity index (χ4n) is 0.871. The number of aliphatic hydroxyl groups is 1. The Morgan fingerprint density at radius 3 is 2.29 bits per heavy atom. The fourth-order valence-corrected chi connectivity index (χ4v) is 0.989. The average Bonchev–Trinajstić information content (AvgIpc) is 2.07. The molecule has 1 atom stereocenters. The van der Waals surface area contributed by atoms with Crippen LogP contribution >= 0.6 is 11.6 Å². The van der Waals surface area contributed by atoms with Crippen molar-refractivity contribution in [2.24, 2.45) is 0 Å². The van der Waals surface area contributed by atoms with Crippen LogP contribution in [-0.4, -0.2) is 11.3 Å². The summed E-state index contributed by atoms with van der Waals surface area (Å²) in [6.07, 6.45) is -7.49. The van der Waals surface area contributed by atoms with Crippen LogP contribution in [-0.2, 0) is 0 Å². The maximum atomic E-state index is 12.7. The van der Waals surface area contributed by atoms with Crippen LogP contribution in [0.4, 0.5) is 17.6 Å². The number of benzene rings is 1. The molecular weight excluding hydrogens is 224 g/mol. The van der Waals surface area contributed by atoms with E-state index in [0.717, 1.165) is 12.1 Å². The topological polar surface area (TPSA) is 20.2 Å². The molecule has 0 fully saturated rings. The Bertz CT molecular complexity index is 337. The molecule has 1 aromatic carbocycles. The van der Waals surface area contributed by atoms with E-state index in [4.69, 9.17) is 16.7 Å². The van der Waals surface area contributed by atoms with Gasteiger partial charge < -0.3 is 5.11 Å². The van der Waals surface area contributed by atoms with Gasteiger partial charge in [0.2, 0.25) is 0 Å². The quantitative estimate of drug-likeness (QED) is 0.733. The summed E-state index contributed by atoms with van der Waals surface area (Å²) in [5, 5.41) is 8.45. The zero-order valence-electron chi connectivity index (χ0n) is 6.65. The van der Waals surface area contributed by atoms with Gasteiger partial charge in [-0.1, -0.05) is 17.7 Å². The third kappa shape index (κ3) is 2.36. The van der Waals surface area contributed by atoms with E-state index in [2.05, 4.69) is 0 Å². The summed E-state index contributed by atoms with van der Waals surface area (Å²) in [5.74, 6) is -0.993. The molecule has 0 saturated heterocycles. The maximum absolute atomic E-state index is 12.7. The minimum absolute atomic E-state index is 0.289. The maximum Gasteiger partial charge on any atom is 0.418 e. The lowest BCUT2D eigenvalue weighted by Gasteiger charge is -2.14. The Hall–Kier alpha value is -0.810. The number of alkyl halides is 3. The monoisotopic (exact) mass is 228 g/mol. The van der Waals surface area contributed by atoms with Crippen LogP contribution in [0.2, 0.25) is 5.02 Å². The number of halogens is 5. The average molecular weight is 229 g/mol. The van der Waals surface area contributed by atoms with Crippen molar-refractivity contribution >= 4 is 11.6 Å². The Kier molecular flexibility index (Phi) is 3.01. The first-order chi connectivity index (χ1) is 6.32. The van der Waals surface area contributed by atoms with Crippen molar-refractivity contribution < 1.29 is 22.7 Å². The molecule has 0 heterocycles. The van der Waals surface area contributed by atoms with Gasteiger partial charge in [-0.15, -0.1) is 0 Å². The molecule has 78 valence electrons. The van der Waals surface area contributed by atoms with Gasteiger partial charge in [-0.05, 0) is 17.7 Å². The van der Waals surface area contributed by atoms with E-state index >= 15 is 0 Å². The fraction of sp³-hybridized carbons (Fsp3) is 0.250. The Labute approximate surface area is 81.9 Å². The molecule has 0 aliphatic carbocycles. The van der Waals surface area contributed by atoms with E-state index in [1.54, 1.807) is 0 Å². The zero-order valence-corrected chi connectivity index (χ0v) is 7.40. The number of hydrogen-bond acceptors (Lipinski definition) is 1. The molecule has 0 saturated carbocycles. The summed E-state index contributed by atoms with van der Waals surface area (Å²) in [7, 11) is 0. The van der Waals surface area contributed by atoms with Gasteiger partial charge in [-0.2, -0.15) is 13.2 Å². The van der Waals surface area contributed by atoms with Crippen LogP contribution in [0.5, 0.6) is 0 Å². The van der Waals surface area contributed by atoms with E-state index < -0.39 is 23.7 Å². The molecule has 0 bridgehead atoms. The van der Waals surface area contributed by atoms with Gasteiger partial charge in [0.1, 0.15) is 5.82 Å². The molecule has 0 radical (unpaired) electrons. The molecule has 0 unspecified atom stereocenters. The van der Waals surface area contributed by atoms with Gasteiger partial charge in [-0.3, -0.25) is 0 Å². The summed E-state index contributed by atoms with van der Waals surface area (Å²) in [4.78, 5) is 0. The van der Waals surface area contributed by atoms with Crippen molar-refractivity contribution in [2.45, 2.75) is 12.3 Å². The van der Waals surface area contributed by atoms with Crippen molar-refractivity contribution in [2.75, 3.05) is 0 Å². The summed E-state index contributed by atoms with van der Waals surface area (Å²) in [6.45, 7) is 0. The number of aliphatic hydroxyl groups excluding tert-OH is 1. The van der Waals surface area contributed by atoms with Crippen LogP contribution in [0, 0.1) is 5.82 Å². The molecule has 1 aromatic rings. The second kappa shape index (κ2) is 3.74. The lowest BCUT2D eigenvalue weighted by Crippen LogP contribution is -2.20. The highest BCUT2D eigenvalue weighted by molar-refractivity contribution is 6.30. The summed E-state index contributed by atoms with van der Waals surface area (Å²) < 4.78 is 48.6. The van der Waals surface area contributed by atoms with Crippen LogP contribution in [0.1, 0.15) is 11.7 Å². The van der Waals surface area contributed by atoms with Crippen molar-refractivity contribution in [1.29, 1.82) is 0 Å². The SMILES string of the molecule is O[C@@H](c1ccc(Cl)c(F)c1)C(F)(F)F. The molecule has 0 amide bonds. The minimum atomic E-state index is -4.81. The number of hydrogen-bond donors (Lipinski definition) is 1. The summed E-state index contributed by atoms with van der Waals surface area (Å²) in [5.41, 5.74) is -0.570. The van der Waals surface area contributed by atoms with Gasteiger partial charge in [0, 0.05) is 0 Å². The van der Waals surface area contributed by atoms with Crippen LogP contribution in [0.3, 0.4) is 0 Å². The van der Waals surface area contributed by atoms with Crippen molar-refractivity contribution in [1.82, 2.24) is 0 Å². The lowest BCUT2D eigenvalue weighted by atomic mass is 10.1. The smallest absolute Gasteiger partial charge is 0.379 e. The molecule has 6 heteroatoms. The van der Waals surface area contributed by atoms with Gasteiger partial charge in [0.15, 0.2) is 6.10 Å². The molecule has 0 aliphatic heterocycles. The highest BCUT2D eigenvalue weighted by Gasteiger charge is 2.39. The van der Waals surface area contributed by atoms with Crippen LogP contribution in [0.15, 0.2) is 18.2 Å². The minimum Gasteiger partial charge on any atom is -0.379 e. The molecular formula is C8H5ClF4O. The van der Waals surface area contributed by atoms with Crippen molar-refractivity contribution in [3.63, 3.8) is 0 Å². The second-order valence-corrected chi connectivity index (χ2v) is 3.02. The highest BCUT2D eigenvalue weighted by Crippen LogP contribution is 2.33. The molecule has 1 rings (SSSR count). The largest absolute Gasteiger partial charge is 0.418 e. The standard InChI is InChI=1S/C8H5ClF4O/c9-5-2-1-4(3-6(5)10)7(14)8(11,12)13/h1-3,7,14H/t7-/m0/s1. The van der Waals surface area contributed by atoms with Crippen molar-refractivity contribution in [3.8, 4) is 0 Å². The highest BCUT2D eigenvalue weighted by atomic mass is 35.5. The first kappa shape index (κ1) is 11.3. The molecule has 0 spiro atoms. The third-order valence-corrected chi connectivity index (χ3v) is 1.88. The summed E-state index contributed by atoms with van der Waals surface area (Å²) in [6, 6.07) is 2.44. The third-order valence-electron chi connectivity index (χ3n) is 1.57. The van der Waals surface area contributed by atoms with E-state index in [1.807, 2.05) is 0 Å². The Morgan fingerprint density at radius 2 is 1.86 bits per heavy atom. The Balaban J connectivity index is 3.03. The van der Waals surface area contributed by atoms with Gasteiger partial charge >= 0.3 is 6.18 Å². The molecule has 0 aliphatic rings. The van der Waals surface area contributed by atoms with E-state index in [-0.39, 0.29) is 5.02 Å². The molecule has 14 heavy (non-hydrogen) atoms. The van der Waals surface area contributed by atoms with Gasteiger partial charge in [-0.25, -0.2) is 4.39 Å². The first-order valence-corrected chi connectivity index (χ1v) is 3.90. The summed E-state index contributed by atoms with van der Waals surface area (Å²) >= 11 is 5.26. The normalized spacial score (nSPS) is 14.1. The molecule has 1 N–H and O–H groups in total. The van der Waals surface area contributed by atoms with E-state index in [9.17, 15) is 17.6 Å². The van der Waals surface area contributed by atoms with Gasteiger partial charge in [0.05, 0.1) is 5.02 Å². The van der Waals surface area contributed by atoms with Crippen molar-refractivity contribution in [3.05, 3.63) is 34.6 Å². The predicted octanol–water partition coefficient (Wildman–Crippen LogP) is 3.07. The van der Waals surface area contributed by atoms with E-state index in [0.29, 0.717) is 6.07 Å². The first-order valence-electron chi connectivity index (χ1n) is 3.52.